The maximum atomic E-state index is 13.1. The summed E-state index contributed by atoms with van der Waals surface area (Å²) in [5, 5.41) is 0. The first-order chi connectivity index (χ1) is 14.7. The van der Waals surface area contributed by atoms with Crippen LogP contribution >= 0.6 is 0 Å². The first-order valence-electron chi connectivity index (χ1n) is 9.12. The molecule has 1 heterocycles. The van der Waals surface area contributed by atoms with Crippen molar-refractivity contribution in [1.29, 1.82) is 0 Å². The highest BCUT2D eigenvalue weighted by molar-refractivity contribution is 7.91. The number of rotatable bonds is 6. The van der Waals surface area contributed by atoms with Crippen LogP contribution in [0, 0.1) is 5.82 Å². The van der Waals surface area contributed by atoms with E-state index in [1.165, 1.54) is 24.3 Å². The third-order valence-electron chi connectivity index (χ3n) is 4.52. The maximum Gasteiger partial charge on any atom is 0.339 e. The number of para-hydroxylation sites is 1. The first-order valence-corrected chi connectivity index (χ1v) is 12.2. The zero-order valence-electron chi connectivity index (χ0n) is 16.1. The molecule has 31 heavy (non-hydrogen) atoms. The summed E-state index contributed by atoms with van der Waals surface area (Å²) in [7, 11) is -7.66. The van der Waals surface area contributed by atoms with Crippen LogP contribution in [0.4, 0.5) is 4.39 Å². The molecule has 0 radical (unpaired) electrons. The van der Waals surface area contributed by atoms with Crippen LogP contribution in [0.5, 0.6) is 5.75 Å². The molecule has 0 atom stereocenters. The van der Waals surface area contributed by atoms with Gasteiger partial charge in [-0.1, -0.05) is 19.1 Å². The van der Waals surface area contributed by atoms with Crippen molar-refractivity contribution in [3.05, 3.63) is 72.5 Å². The molecule has 0 saturated heterocycles. The van der Waals surface area contributed by atoms with Crippen LogP contribution in [-0.4, -0.2) is 27.6 Å². The van der Waals surface area contributed by atoms with Gasteiger partial charge in [0.05, 0.1) is 16.2 Å². The fraction of sp³-hybridized carbons (Fsp3) is 0.0952. The van der Waals surface area contributed by atoms with Gasteiger partial charge in [0.15, 0.2) is 21.2 Å². The Labute approximate surface area is 178 Å². The second-order valence-electron chi connectivity index (χ2n) is 6.54. The third-order valence-corrected chi connectivity index (χ3v) is 7.50. The zero-order valence-corrected chi connectivity index (χ0v) is 17.8. The monoisotopic (exact) mass is 461 g/mol. The Morgan fingerprint density at radius 2 is 1.61 bits per heavy atom. The lowest BCUT2D eigenvalue weighted by molar-refractivity contribution is 0.485. The SMILES string of the molecule is CCS(=O)(=O)c1ccc2oc(-c3ccccc3OS(=O)(=O)c3ccc(F)cc3)nc2c1. The summed E-state index contributed by atoms with van der Waals surface area (Å²) in [5.74, 6) is -0.609. The highest BCUT2D eigenvalue weighted by Crippen LogP contribution is 2.34. The number of hydrogen-bond acceptors (Lipinski definition) is 7. The number of oxazole rings is 1. The summed E-state index contributed by atoms with van der Waals surface area (Å²) >= 11 is 0. The second kappa shape index (κ2) is 7.78. The number of nitrogens with zero attached hydrogens (tertiary/aromatic N) is 1. The molecule has 1 aromatic heterocycles. The van der Waals surface area contributed by atoms with Gasteiger partial charge in [-0.3, -0.25) is 0 Å². The molecule has 4 rings (SSSR count). The van der Waals surface area contributed by atoms with Crippen LogP contribution in [0.25, 0.3) is 22.6 Å². The van der Waals surface area contributed by atoms with Gasteiger partial charge in [0.25, 0.3) is 0 Å². The van der Waals surface area contributed by atoms with Crippen molar-refractivity contribution in [2.45, 2.75) is 16.7 Å². The Balaban J connectivity index is 1.75. The van der Waals surface area contributed by atoms with Crippen molar-refractivity contribution in [2.75, 3.05) is 5.75 Å². The molecule has 0 aliphatic rings. The molecule has 0 amide bonds. The van der Waals surface area contributed by atoms with E-state index < -0.39 is 25.8 Å². The lowest BCUT2D eigenvalue weighted by atomic mass is 10.2. The largest absolute Gasteiger partial charge is 0.436 e. The average molecular weight is 461 g/mol. The summed E-state index contributed by atoms with van der Waals surface area (Å²) in [6.45, 7) is 1.54. The number of aromatic nitrogens is 1. The molecule has 0 bridgehead atoms. The number of halogens is 1. The van der Waals surface area contributed by atoms with Gasteiger partial charge in [-0.25, -0.2) is 17.8 Å². The molecule has 7 nitrogen and oxygen atoms in total. The van der Waals surface area contributed by atoms with Crippen LogP contribution in [0.15, 0.2) is 80.9 Å². The average Bonchev–Trinajstić information content (AvgIpc) is 3.17. The Hall–Kier alpha value is -3.24. The van der Waals surface area contributed by atoms with Crippen molar-refractivity contribution >= 4 is 31.1 Å². The van der Waals surface area contributed by atoms with Crippen molar-refractivity contribution in [3.8, 4) is 17.2 Å². The Bertz CT molecular complexity index is 1480. The molecule has 4 aromatic rings. The first kappa shape index (κ1) is 21.0. The van der Waals surface area contributed by atoms with Crippen LogP contribution in [0.3, 0.4) is 0 Å². The summed E-state index contributed by atoms with van der Waals surface area (Å²) in [4.78, 5) is 4.22. The predicted molar refractivity (Wildman–Crippen MR) is 111 cm³/mol. The van der Waals surface area contributed by atoms with E-state index in [9.17, 15) is 21.2 Å². The van der Waals surface area contributed by atoms with E-state index in [1.807, 2.05) is 0 Å². The lowest BCUT2D eigenvalue weighted by Gasteiger charge is -2.09. The minimum Gasteiger partial charge on any atom is -0.436 e. The number of hydrogen-bond donors (Lipinski definition) is 0. The Morgan fingerprint density at radius 3 is 2.32 bits per heavy atom. The molecule has 0 aliphatic heterocycles. The second-order valence-corrected chi connectivity index (χ2v) is 10.4. The van der Waals surface area contributed by atoms with E-state index in [4.69, 9.17) is 8.60 Å². The molecule has 10 heteroatoms. The highest BCUT2D eigenvalue weighted by atomic mass is 32.2. The summed E-state index contributed by atoms with van der Waals surface area (Å²) in [5.41, 5.74) is 0.895. The topological polar surface area (TPSA) is 104 Å². The smallest absolute Gasteiger partial charge is 0.339 e. The Morgan fingerprint density at radius 1 is 0.935 bits per heavy atom. The molecule has 0 aliphatic carbocycles. The van der Waals surface area contributed by atoms with Crippen LogP contribution in [0.1, 0.15) is 6.92 Å². The fourth-order valence-electron chi connectivity index (χ4n) is 2.87. The summed E-state index contributed by atoms with van der Waals surface area (Å²) in [6, 6.07) is 14.8. The van der Waals surface area contributed by atoms with Gasteiger partial charge in [0, 0.05) is 0 Å². The van der Waals surface area contributed by atoms with Gasteiger partial charge in [-0.15, -0.1) is 0 Å². The van der Waals surface area contributed by atoms with Crippen LogP contribution < -0.4 is 4.18 Å². The van der Waals surface area contributed by atoms with E-state index in [-0.39, 0.29) is 32.7 Å². The molecule has 0 unspecified atom stereocenters. The zero-order chi connectivity index (χ0) is 22.2. The highest BCUT2D eigenvalue weighted by Gasteiger charge is 2.22. The molecule has 3 aromatic carbocycles. The van der Waals surface area contributed by atoms with Crippen molar-refractivity contribution in [2.24, 2.45) is 0 Å². The quantitative estimate of drug-likeness (QED) is 0.397. The van der Waals surface area contributed by atoms with E-state index in [0.717, 1.165) is 24.3 Å². The Kier molecular flexibility index (Phi) is 5.28. The van der Waals surface area contributed by atoms with E-state index in [0.29, 0.717) is 11.1 Å². The van der Waals surface area contributed by atoms with Crippen molar-refractivity contribution in [1.82, 2.24) is 4.98 Å². The maximum absolute atomic E-state index is 13.1. The van der Waals surface area contributed by atoms with E-state index in [1.54, 1.807) is 25.1 Å². The predicted octanol–water partition coefficient (Wildman–Crippen LogP) is 4.20. The summed E-state index contributed by atoms with van der Waals surface area (Å²) < 4.78 is 73.5. The molecule has 160 valence electrons. The third kappa shape index (κ3) is 4.17. The fourth-order valence-corrected chi connectivity index (χ4v) is 4.71. The minimum absolute atomic E-state index is 0.0419. The molecular weight excluding hydrogens is 445 g/mol. The van der Waals surface area contributed by atoms with Crippen molar-refractivity contribution in [3.63, 3.8) is 0 Å². The normalized spacial score (nSPS) is 12.2. The van der Waals surface area contributed by atoms with Gasteiger partial charge >= 0.3 is 10.1 Å². The number of fused-ring (bicyclic) bond motifs is 1. The molecule has 0 fully saturated rings. The van der Waals surface area contributed by atoms with E-state index >= 15 is 0 Å². The standard InChI is InChI=1S/C21H16FNO6S2/c1-2-30(24,25)16-11-12-20-18(13-16)23-21(28-20)17-5-3-4-6-19(17)29-31(26,27)15-9-7-14(22)8-10-15/h3-13H,2H2,1H3. The van der Waals surface area contributed by atoms with Gasteiger partial charge in [-0.2, -0.15) is 8.42 Å². The van der Waals surface area contributed by atoms with Gasteiger partial charge in [0.2, 0.25) is 5.89 Å². The molecular formula is C21H16FNO6S2. The molecule has 0 saturated carbocycles. The van der Waals surface area contributed by atoms with Crippen LogP contribution in [-0.2, 0) is 20.0 Å². The number of sulfone groups is 1. The molecule has 0 N–H and O–H groups in total. The van der Waals surface area contributed by atoms with Gasteiger partial charge in [0.1, 0.15) is 16.2 Å². The van der Waals surface area contributed by atoms with Gasteiger partial charge in [-0.05, 0) is 54.6 Å². The van der Waals surface area contributed by atoms with E-state index in [2.05, 4.69) is 4.98 Å². The lowest BCUT2D eigenvalue weighted by Crippen LogP contribution is -2.10. The van der Waals surface area contributed by atoms with Crippen molar-refractivity contribution < 1.29 is 29.8 Å². The number of benzene rings is 3. The van der Waals surface area contributed by atoms with Gasteiger partial charge < -0.3 is 8.60 Å². The minimum atomic E-state index is -4.24. The molecule has 0 spiro atoms. The van der Waals surface area contributed by atoms with Crippen LogP contribution in [0.2, 0.25) is 0 Å². The summed E-state index contributed by atoms with van der Waals surface area (Å²) in [6.07, 6.45) is 0.